The van der Waals surface area contributed by atoms with E-state index in [1.54, 1.807) is 0 Å². The van der Waals surface area contributed by atoms with Crippen LogP contribution in [0.1, 0.15) is 20.7 Å². The molecule has 0 aliphatic carbocycles. The number of methoxy groups -OCH3 is 2. The number of aliphatic hydroxyl groups excluding tert-OH is 1. The van der Waals surface area contributed by atoms with Crippen LogP contribution in [-0.4, -0.2) is 43.8 Å². The second kappa shape index (κ2) is 7.24. The van der Waals surface area contributed by atoms with Gasteiger partial charge in [0.05, 0.1) is 19.8 Å². The maximum absolute atomic E-state index is 10.8. The minimum Gasteiger partial charge on any atom is -0.496 e. The summed E-state index contributed by atoms with van der Waals surface area (Å²) in [6.45, 7) is 0. The molecule has 0 fully saturated rings. The molecular formula is C11H14O6. The molecule has 1 aromatic rings. The number of aliphatic hydroxyl groups is 1. The first-order valence-corrected chi connectivity index (χ1v) is 4.53. The summed E-state index contributed by atoms with van der Waals surface area (Å²) < 4.78 is 9.78. The normalized spacial score (nSPS) is 8.71. The monoisotopic (exact) mass is 242 g/mol. The molecule has 0 unspecified atom stereocenters. The Hall–Kier alpha value is -2.08. The van der Waals surface area contributed by atoms with Crippen molar-refractivity contribution in [3.05, 3.63) is 23.3 Å². The molecule has 1 rings (SSSR count). The van der Waals surface area contributed by atoms with Crippen molar-refractivity contribution in [1.82, 2.24) is 0 Å². The SMILES string of the molecule is CO.COc1cc(OC)c(C(=O)O)cc1C=O. The smallest absolute Gasteiger partial charge is 0.339 e. The minimum absolute atomic E-state index is 0.0691. The number of carbonyl (C=O) groups excluding carboxylic acids is 1. The van der Waals surface area contributed by atoms with Gasteiger partial charge in [-0.15, -0.1) is 0 Å². The first kappa shape index (κ1) is 14.9. The Morgan fingerprint density at radius 1 is 1.18 bits per heavy atom. The van der Waals surface area contributed by atoms with Crippen molar-refractivity contribution >= 4 is 12.3 Å². The van der Waals surface area contributed by atoms with Gasteiger partial charge in [-0.3, -0.25) is 4.79 Å². The van der Waals surface area contributed by atoms with E-state index >= 15 is 0 Å². The van der Waals surface area contributed by atoms with Gasteiger partial charge in [0.2, 0.25) is 0 Å². The number of benzene rings is 1. The van der Waals surface area contributed by atoms with Crippen LogP contribution in [0.15, 0.2) is 12.1 Å². The highest BCUT2D eigenvalue weighted by Gasteiger charge is 2.15. The number of hydrogen-bond acceptors (Lipinski definition) is 5. The maximum Gasteiger partial charge on any atom is 0.339 e. The van der Waals surface area contributed by atoms with Gasteiger partial charge in [0.25, 0.3) is 0 Å². The molecule has 0 spiro atoms. The van der Waals surface area contributed by atoms with Gasteiger partial charge in [-0.25, -0.2) is 4.79 Å². The zero-order chi connectivity index (χ0) is 13.4. The number of aromatic carboxylic acids is 1. The first-order chi connectivity index (χ1) is 8.13. The van der Waals surface area contributed by atoms with Crippen molar-refractivity contribution < 1.29 is 29.3 Å². The molecule has 2 N–H and O–H groups in total. The Kier molecular flexibility index (Phi) is 6.35. The van der Waals surface area contributed by atoms with Gasteiger partial charge < -0.3 is 19.7 Å². The van der Waals surface area contributed by atoms with Crippen LogP contribution >= 0.6 is 0 Å². The molecular weight excluding hydrogens is 228 g/mol. The lowest BCUT2D eigenvalue weighted by atomic mass is 10.1. The molecule has 0 aromatic heterocycles. The van der Waals surface area contributed by atoms with Crippen molar-refractivity contribution in [1.29, 1.82) is 0 Å². The van der Waals surface area contributed by atoms with E-state index in [2.05, 4.69) is 0 Å². The molecule has 94 valence electrons. The van der Waals surface area contributed by atoms with E-state index in [-0.39, 0.29) is 22.6 Å². The predicted molar refractivity (Wildman–Crippen MR) is 60.0 cm³/mol. The fourth-order valence-electron chi connectivity index (χ4n) is 1.18. The zero-order valence-corrected chi connectivity index (χ0v) is 9.76. The largest absolute Gasteiger partial charge is 0.496 e. The summed E-state index contributed by atoms with van der Waals surface area (Å²) in [6, 6.07) is 2.58. The van der Waals surface area contributed by atoms with Crippen molar-refractivity contribution in [3.63, 3.8) is 0 Å². The lowest BCUT2D eigenvalue weighted by Crippen LogP contribution is -2.03. The van der Waals surface area contributed by atoms with Gasteiger partial charge in [-0.05, 0) is 6.07 Å². The number of rotatable bonds is 4. The van der Waals surface area contributed by atoms with Crippen LogP contribution in [0.5, 0.6) is 11.5 Å². The number of carbonyl (C=O) groups is 2. The lowest BCUT2D eigenvalue weighted by Gasteiger charge is -2.09. The topological polar surface area (TPSA) is 93.1 Å². The molecule has 17 heavy (non-hydrogen) atoms. The highest BCUT2D eigenvalue weighted by Crippen LogP contribution is 2.27. The van der Waals surface area contributed by atoms with Gasteiger partial charge in [0.15, 0.2) is 6.29 Å². The molecule has 6 nitrogen and oxygen atoms in total. The molecule has 0 amide bonds. The van der Waals surface area contributed by atoms with Crippen LogP contribution in [-0.2, 0) is 0 Å². The van der Waals surface area contributed by atoms with Crippen LogP contribution in [0.3, 0.4) is 0 Å². The zero-order valence-electron chi connectivity index (χ0n) is 9.76. The highest BCUT2D eigenvalue weighted by atomic mass is 16.5. The fourth-order valence-corrected chi connectivity index (χ4v) is 1.18. The van der Waals surface area contributed by atoms with Gasteiger partial charge in [-0.1, -0.05) is 0 Å². The molecule has 0 heterocycles. The Balaban J connectivity index is 0.00000121. The summed E-state index contributed by atoms with van der Waals surface area (Å²) in [4.78, 5) is 21.5. The summed E-state index contributed by atoms with van der Waals surface area (Å²) in [5.74, 6) is -0.714. The van der Waals surface area contributed by atoms with E-state index in [1.807, 2.05) is 0 Å². The second-order valence-electron chi connectivity index (χ2n) is 2.72. The van der Waals surface area contributed by atoms with E-state index in [4.69, 9.17) is 19.7 Å². The Morgan fingerprint density at radius 3 is 2.06 bits per heavy atom. The molecule has 0 bridgehead atoms. The summed E-state index contributed by atoms with van der Waals surface area (Å²) in [6.07, 6.45) is 0.532. The first-order valence-electron chi connectivity index (χ1n) is 4.53. The number of carboxylic acids is 1. The lowest BCUT2D eigenvalue weighted by molar-refractivity contribution is 0.0693. The molecule has 0 aliphatic rings. The third-order valence-corrected chi connectivity index (χ3v) is 1.91. The average molecular weight is 242 g/mol. The van der Waals surface area contributed by atoms with E-state index in [9.17, 15) is 9.59 Å². The quantitative estimate of drug-likeness (QED) is 0.759. The number of hydrogen-bond donors (Lipinski definition) is 2. The third kappa shape index (κ3) is 3.46. The van der Waals surface area contributed by atoms with Crippen molar-refractivity contribution in [3.8, 4) is 11.5 Å². The summed E-state index contributed by atoms with van der Waals surface area (Å²) in [5.41, 5.74) is 0.108. The van der Waals surface area contributed by atoms with Crippen molar-refractivity contribution in [2.24, 2.45) is 0 Å². The van der Waals surface area contributed by atoms with Crippen LogP contribution in [0, 0.1) is 0 Å². The third-order valence-electron chi connectivity index (χ3n) is 1.91. The van der Waals surface area contributed by atoms with Gasteiger partial charge in [0.1, 0.15) is 17.1 Å². The molecule has 0 atom stereocenters. The van der Waals surface area contributed by atoms with E-state index in [0.29, 0.717) is 6.29 Å². The minimum atomic E-state index is -1.15. The van der Waals surface area contributed by atoms with Gasteiger partial charge in [-0.2, -0.15) is 0 Å². The van der Waals surface area contributed by atoms with Crippen molar-refractivity contribution in [2.45, 2.75) is 0 Å². The number of aldehydes is 1. The Morgan fingerprint density at radius 2 is 1.71 bits per heavy atom. The number of ether oxygens (including phenoxy) is 2. The van der Waals surface area contributed by atoms with Crippen molar-refractivity contribution in [2.75, 3.05) is 21.3 Å². The fraction of sp³-hybridized carbons (Fsp3) is 0.273. The Labute approximate surface area is 98.4 Å². The molecule has 6 heteroatoms. The van der Waals surface area contributed by atoms with E-state index in [0.717, 1.165) is 7.11 Å². The average Bonchev–Trinajstić information content (AvgIpc) is 2.39. The predicted octanol–water partition coefficient (Wildman–Crippen LogP) is 0.823. The summed E-state index contributed by atoms with van der Waals surface area (Å²) >= 11 is 0. The molecule has 0 saturated carbocycles. The van der Waals surface area contributed by atoms with Crippen LogP contribution < -0.4 is 9.47 Å². The van der Waals surface area contributed by atoms with Gasteiger partial charge in [0, 0.05) is 13.2 Å². The van der Waals surface area contributed by atoms with E-state index < -0.39 is 5.97 Å². The Bertz CT molecular complexity index is 399. The number of carboxylic acid groups (broad SMARTS) is 1. The standard InChI is InChI=1S/C10H10O5.CH4O/c1-14-8-4-9(15-2)7(10(12)13)3-6(8)5-11;1-2/h3-5H,1-2H3,(H,12,13);2H,1H3. The summed E-state index contributed by atoms with van der Waals surface area (Å²) in [7, 11) is 3.74. The van der Waals surface area contributed by atoms with Gasteiger partial charge >= 0.3 is 5.97 Å². The molecule has 0 radical (unpaired) electrons. The van der Waals surface area contributed by atoms with Crippen LogP contribution in [0.2, 0.25) is 0 Å². The second-order valence-corrected chi connectivity index (χ2v) is 2.72. The molecule has 1 aromatic carbocycles. The summed E-state index contributed by atoms with van der Waals surface area (Å²) in [5, 5.41) is 15.8. The highest BCUT2D eigenvalue weighted by molar-refractivity contribution is 5.94. The van der Waals surface area contributed by atoms with Crippen LogP contribution in [0.4, 0.5) is 0 Å². The maximum atomic E-state index is 10.8. The van der Waals surface area contributed by atoms with Crippen LogP contribution in [0.25, 0.3) is 0 Å². The molecule has 0 aliphatic heterocycles. The molecule has 0 saturated heterocycles. The van der Waals surface area contributed by atoms with E-state index in [1.165, 1.54) is 26.4 Å².